The third-order valence-electron chi connectivity index (χ3n) is 6.27. The molecular formula is C19H29N. The van der Waals surface area contributed by atoms with Crippen LogP contribution in [0.25, 0.3) is 0 Å². The van der Waals surface area contributed by atoms with E-state index in [1.54, 1.807) is 0 Å². The number of nitrogens with one attached hydrogen (secondary N) is 1. The van der Waals surface area contributed by atoms with E-state index in [2.05, 4.69) is 49.5 Å². The van der Waals surface area contributed by atoms with E-state index in [1.807, 2.05) is 0 Å². The second-order valence-corrected chi connectivity index (χ2v) is 7.59. The first-order valence-corrected chi connectivity index (χ1v) is 8.39. The van der Waals surface area contributed by atoms with Gasteiger partial charge in [0.1, 0.15) is 0 Å². The zero-order chi connectivity index (χ0) is 14.1. The van der Waals surface area contributed by atoms with Crippen molar-refractivity contribution in [2.45, 2.75) is 52.4 Å². The molecule has 1 aliphatic heterocycles. The molecule has 2 unspecified atom stereocenters. The molecule has 20 heavy (non-hydrogen) atoms. The highest BCUT2D eigenvalue weighted by molar-refractivity contribution is 5.17. The number of piperidine rings is 1. The van der Waals surface area contributed by atoms with Gasteiger partial charge in [-0.15, -0.1) is 0 Å². The van der Waals surface area contributed by atoms with E-state index in [-0.39, 0.29) is 0 Å². The van der Waals surface area contributed by atoms with E-state index in [4.69, 9.17) is 0 Å². The van der Waals surface area contributed by atoms with Gasteiger partial charge in [-0.25, -0.2) is 0 Å². The molecule has 2 atom stereocenters. The molecule has 1 aliphatic carbocycles. The second kappa shape index (κ2) is 5.52. The molecule has 0 aromatic heterocycles. The van der Waals surface area contributed by atoms with Crippen LogP contribution in [0.15, 0.2) is 30.3 Å². The first-order chi connectivity index (χ1) is 9.64. The fraction of sp³-hybridized carbons (Fsp3) is 0.684. The number of rotatable bonds is 2. The Balaban J connectivity index is 1.87. The number of benzene rings is 1. The molecular weight excluding hydrogens is 242 g/mol. The lowest BCUT2D eigenvalue weighted by molar-refractivity contribution is -0.0609. The summed E-state index contributed by atoms with van der Waals surface area (Å²) in [6.07, 6.45) is 8.35. The molecule has 2 aliphatic rings. The van der Waals surface area contributed by atoms with Crippen LogP contribution in [-0.2, 0) is 6.42 Å². The van der Waals surface area contributed by atoms with Gasteiger partial charge in [0.15, 0.2) is 0 Å². The Morgan fingerprint density at radius 1 is 1.05 bits per heavy atom. The van der Waals surface area contributed by atoms with Crippen LogP contribution in [0.1, 0.15) is 51.5 Å². The van der Waals surface area contributed by atoms with E-state index < -0.39 is 0 Å². The summed E-state index contributed by atoms with van der Waals surface area (Å²) >= 11 is 0. The van der Waals surface area contributed by atoms with Gasteiger partial charge in [-0.3, -0.25) is 0 Å². The van der Waals surface area contributed by atoms with Crippen molar-refractivity contribution in [3.05, 3.63) is 35.9 Å². The van der Waals surface area contributed by atoms with Crippen molar-refractivity contribution in [3.8, 4) is 0 Å². The summed E-state index contributed by atoms with van der Waals surface area (Å²) in [6, 6.07) is 11.1. The van der Waals surface area contributed by atoms with Crippen LogP contribution < -0.4 is 5.32 Å². The maximum Gasteiger partial charge on any atom is -0.00118 e. The molecule has 1 saturated heterocycles. The van der Waals surface area contributed by atoms with Crippen molar-refractivity contribution < 1.29 is 0 Å². The van der Waals surface area contributed by atoms with Crippen LogP contribution in [0.4, 0.5) is 0 Å². The molecule has 2 fully saturated rings. The molecule has 1 nitrogen and oxygen atoms in total. The number of hydrogen-bond donors (Lipinski definition) is 1. The molecule has 1 saturated carbocycles. The smallest absolute Gasteiger partial charge is 0.00118 e. The Morgan fingerprint density at radius 2 is 1.80 bits per heavy atom. The summed E-state index contributed by atoms with van der Waals surface area (Å²) in [5, 5.41) is 3.66. The third kappa shape index (κ3) is 2.41. The minimum atomic E-state index is 0.507. The molecule has 1 aromatic carbocycles. The molecule has 110 valence electrons. The molecule has 0 radical (unpaired) electrons. The van der Waals surface area contributed by atoms with Crippen molar-refractivity contribution in [1.29, 1.82) is 0 Å². The van der Waals surface area contributed by atoms with E-state index in [0.29, 0.717) is 10.8 Å². The SMILES string of the molecule is CC1(C)CCCCC12CCNCC2Cc1ccccc1. The quantitative estimate of drug-likeness (QED) is 0.839. The summed E-state index contributed by atoms with van der Waals surface area (Å²) < 4.78 is 0. The summed E-state index contributed by atoms with van der Waals surface area (Å²) in [5.74, 6) is 0.800. The molecule has 1 heteroatoms. The third-order valence-corrected chi connectivity index (χ3v) is 6.27. The van der Waals surface area contributed by atoms with Gasteiger partial charge in [0.2, 0.25) is 0 Å². The van der Waals surface area contributed by atoms with Crippen LogP contribution in [0.3, 0.4) is 0 Å². The van der Waals surface area contributed by atoms with Gasteiger partial charge in [0, 0.05) is 0 Å². The molecule has 1 aromatic rings. The van der Waals surface area contributed by atoms with Crippen molar-refractivity contribution in [2.24, 2.45) is 16.7 Å². The fourth-order valence-corrected chi connectivity index (χ4v) is 4.97. The van der Waals surface area contributed by atoms with Crippen LogP contribution >= 0.6 is 0 Å². The lowest BCUT2D eigenvalue weighted by Crippen LogP contribution is -2.54. The van der Waals surface area contributed by atoms with Crippen LogP contribution in [-0.4, -0.2) is 13.1 Å². The zero-order valence-electron chi connectivity index (χ0n) is 13.1. The largest absolute Gasteiger partial charge is 0.316 e. The first-order valence-electron chi connectivity index (χ1n) is 8.39. The monoisotopic (exact) mass is 271 g/mol. The summed E-state index contributed by atoms with van der Waals surface area (Å²) in [7, 11) is 0. The van der Waals surface area contributed by atoms with Crippen molar-refractivity contribution >= 4 is 0 Å². The minimum absolute atomic E-state index is 0.507. The highest BCUT2D eigenvalue weighted by Gasteiger charge is 2.51. The van der Waals surface area contributed by atoms with Crippen molar-refractivity contribution in [2.75, 3.05) is 13.1 Å². The zero-order valence-corrected chi connectivity index (χ0v) is 13.1. The van der Waals surface area contributed by atoms with Gasteiger partial charge in [-0.1, -0.05) is 57.0 Å². The Hall–Kier alpha value is -0.820. The Morgan fingerprint density at radius 3 is 2.55 bits per heavy atom. The summed E-state index contributed by atoms with van der Waals surface area (Å²) in [4.78, 5) is 0. The van der Waals surface area contributed by atoms with Crippen LogP contribution in [0.2, 0.25) is 0 Å². The number of hydrogen-bond acceptors (Lipinski definition) is 1. The van der Waals surface area contributed by atoms with Gasteiger partial charge in [0.05, 0.1) is 0 Å². The molecule has 0 bridgehead atoms. The normalized spacial score (nSPS) is 33.2. The van der Waals surface area contributed by atoms with E-state index in [9.17, 15) is 0 Å². The molecule has 1 N–H and O–H groups in total. The lowest BCUT2D eigenvalue weighted by Gasteiger charge is -2.57. The van der Waals surface area contributed by atoms with E-state index in [1.165, 1.54) is 57.2 Å². The van der Waals surface area contributed by atoms with Gasteiger partial charge < -0.3 is 5.32 Å². The highest BCUT2D eigenvalue weighted by Crippen LogP contribution is 2.58. The molecule has 1 spiro atoms. The van der Waals surface area contributed by atoms with Gasteiger partial charge in [0.25, 0.3) is 0 Å². The van der Waals surface area contributed by atoms with Crippen LogP contribution in [0.5, 0.6) is 0 Å². The first kappa shape index (κ1) is 14.1. The lowest BCUT2D eigenvalue weighted by atomic mass is 9.49. The minimum Gasteiger partial charge on any atom is -0.316 e. The van der Waals surface area contributed by atoms with Gasteiger partial charge in [-0.2, -0.15) is 0 Å². The van der Waals surface area contributed by atoms with Crippen LogP contribution in [0, 0.1) is 16.7 Å². The second-order valence-electron chi connectivity index (χ2n) is 7.59. The summed E-state index contributed by atoms with van der Waals surface area (Å²) in [6.45, 7) is 7.50. The molecule has 0 amide bonds. The fourth-order valence-electron chi connectivity index (χ4n) is 4.97. The predicted molar refractivity (Wildman–Crippen MR) is 85.8 cm³/mol. The average molecular weight is 271 g/mol. The van der Waals surface area contributed by atoms with E-state index >= 15 is 0 Å². The van der Waals surface area contributed by atoms with Crippen molar-refractivity contribution in [3.63, 3.8) is 0 Å². The Bertz CT molecular complexity index is 430. The average Bonchev–Trinajstić information content (AvgIpc) is 2.45. The van der Waals surface area contributed by atoms with Gasteiger partial charge >= 0.3 is 0 Å². The topological polar surface area (TPSA) is 12.0 Å². The van der Waals surface area contributed by atoms with Gasteiger partial charge in [-0.05, 0) is 61.1 Å². The van der Waals surface area contributed by atoms with E-state index in [0.717, 1.165) is 5.92 Å². The van der Waals surface area contributed by atoms with Crippen molar-refractivity contribution in [1.82, 2.24) is 5.32 Å². The summed E-state index contributed by atoms with van der Waals surface area (Å²) in [5.41, 5.74) is 2.58. The highest BCUT2D eigenvalue weighted by atomic mass is 14.9. The predicted octanol–water partition coefficient (Wildman–Crippen LogP) is 4.43. The Kier molecular flexibility index (Phi) is 3.90. The molecule has 3 rings (SSSR count). The maximum absolute atomic E-state index is 3.66. The Labute approximate surface area is 124 Å². The molecule has 1 heterocycles. The standard InChI is InChI=1S/C19H29N/c1-18(2)10-6-7-11-19(18)12-13-20-15-17(19)14-16-8-4-3-5-9-16/h3-5,8-9,17,20H,6-7,10-15H2,1-2H3. The maximum atomic E-state index is 3.66.